The molecule has 0 aromatic heterocycles. The molecular formula is C16H25N3O2. The van der Waals surface area contributed by atoms with Crippen molar-refractivity contribution in [1.29, 1.82) is 0 Å². The van der Waals surface area contributed by atoms with Crippen molar-refractivity contribution in [3.8, 4) is 5.75 Å². The summed E-state index contributed by atoms with van der Waals surface area (Å²) >= 11 is 0. The number of nitrogens with zero attached hydrogens (tertiary/aromatic N) is 1. The first-order chi connectivity index (χ1) is 10.1. The van der Waals surface area contributed by atoms with E-state index in [0.29, 0.717) is 24.9 Å². The third-order valence-electron chi connectivity index (χ3n) is 4.14. The Morgan fingerprint density at radius 3 is 2.76 bits per heavy atom. The SMILES string of the molecule is CNC(=O)CN1CCC(NCc2cccc(C)c2O)CC1. The number of aromatic hydroxyl groups is 1. The smallest absolute Gasteiger partial charge is 0.233 e. The van der Waals surface area contributed by atoms with Gasteiger partial charge in [-0.05, 0) is 25.3 Å². The number of carbonyl (C=O) groups excluding carboxylic acids is 1. The summed E-state index contributed by atoms with van der Waals surface area (Å²) in [7, 11) is 1.67. The summed E-state index contributed by atoms with van der Waals surface area (Å²) < 4.78 is 0. The molecule has 1 heterocycles. The van der Waals surface area contributed by atoms with Crippen LogP contribution in [-0.4, -0.2) is 48.6 Å². The van der Waals surface area contributed by atoms with Crippen molar-refractivity contribution in [2.45, 2.75) is 32.4 Å². The van der Waals surface area contributed by atoms with E-state index in [1.54, 1.807) is 7.05 Å². The molecule has 1 aromatic rings. The van der Waals surface area contributed by atoms with Crippen LogP contribution in [0.5, 0.6) is 5.75 Å². The third kappa shape index (κ3) is 4.44. The number of hydrogen-bond donors (Lipinski definition) is 3. The third-order valence-corrected chi connectivity index (χ3v) is 4.14. The first-order valence-electron chi connectivity index (χ1n) is 7.54. The second kappa shape index (κ2) is 7.43. The number of benzene rings is 1. The quantitative estimate of drug-likeness (QED) is 0.757. The van der Waals surface area contributed by atoms with E-state index in [-0.39, 0.29) is 5.91 Å². The molecule has 2 rings (SSSR count). The van der Waals surface area contributed by atoms with Crippen LogP contribution in [0.15, 0.2) is 18.2 Å². The highest BCUT2D eigenvalue weighted by Crippen LogP contribution is 2.21. The van der Waals surface area contributed by atoms with Crippen LogP contribution in [0.2, 0.25) is 0 Å². The lowest BCUT2D eigenvalue weighted by molar-refractivity contribution is -0.122. The average molecular weight is 291 g/mol. The summed E-state index contributed by atoms with van der Waals surface area (Å²) in [5.74, 6) is 0.466. The van der Waals surface area contributed by atoms with Gasteiger partial charge in [0.2, 0.25) is 5.91 Å². The van der Waals surface area contributed by atoms with Crippen molar-refractivity contribution >= 4 is 5.91 Å². The van der Waals surface area contributed by atoms with E-state index in [0.717, 1.165) is 37.1 Å². The van der Waals surface area contributed by atoms with Crippen molar-refractivity contribution in [3.05, 3.63) is 29.3 Å². The van der Waals surface area contributed by atoms with E-state index in [4.69, 9.17) is 0 Å². The lowest BCUT2D eigenvalue weighted by Crippen LogP contribution is -2.45. The molecule has 0 spiro atoms. The van der Waals surface area contributed by atoms with Gasteiger partial charge >= 0.3 is 0 Å². The molecule has 1 aliphatic heterocycles. The maximum absolute atomic E-state index is 11.3. The number of amides is 1. The van der Waals surface area contributed by atoms with Gasteiger partial charge in [-0.1, -0.05) is 18.2 Å². The largest absolute Gasteiger partial charge is 0.507 e. The van der Waals surface area contributed by atoms with Crippen LogP contribution in [0, 0.1) is 6.92 Å². The molecule has 0 saturated carbocycles. The summed E-state index contributed by atoms with van der Waals surface area (Å²) in [5.41, 5.74) is 1.86. The number of phenols is 1. The zero-order chi connectivity index (χ0) is 15.2. The zero-order valence-electron chi connectivity index (χ0n) is 12.9. The molecule has 0 radical (unpaired) electrons. The molecule has 1 aromatic carbocycles. The number of hydrogen-bond acceptors (Lipinski definition) is 4. The van der Waals surface area contributed by atoms with Gasteiger partial charge in [0.15, 0.2) is 0 Å². The van der Waals surface area contributed by atoms with Gasteiger partial charge in [0.1, 0.15) is 5.75 Å². The number of aryl methyl sites for hydroxylation is 1. The van der Waals surface area contributed by atoms with Gasteiger partial charge in [-0.25, -0.2) is 0 Å². The van der Waals surface area contributed by atoms with E-state index in [1.165, 1.54) is 0 Å². The van der Waals surface area contributed by atoms with Crippen LogP contribution >= 0.6 is 0 Å². The van der Waals surface area contributed by atoms with Gasteiger partial charge in [0.05, 0.1) is 6.54 Å². The normalized spacial score (nSPS) is 16.9. The molecule has 1 fully saturated rings. The molecule has 0 aliphatic carbocycles. The van der Waals surface area contributed by atoms with Gasteiger partial charge in [0.25, 0.3) is 0 Å². The van der Waals surface area contributed by atoms with Crippen molar-refractivity contribution in [3.63, 3.8) is 0 Å². The average Bonchev–Trinajstić information content (AvgIpc) is 2.50. The van der Waals surface area contributed by atoms with Gasteiger partial charge in [-0.15, -0.1) is 0 Å². The lowest BCUT2D eigenvalue weighted by atomic mass is 10.0. The molecule has 116 valence electrons. The molecule has 21 heavy (non-hydrogen) atoms. The van der Waals surface area contributed by atoms with Gasteiger partial charge in [-0.3, -0.25) is 9.69 Å². The number of nitrogens with one attached hydrogen (secondary N) is 2. The first-order valence-corrected chi connectivity index (χ1v) is 7.54. The number of rotatable bonds is 5. The van der Waals surface area contributed by atoms with E-state index in [9.17, 15) is 9.90 Å². The minimum Gasteiger partial charge on any atom is -0.507 e. The molecular weight excluding hydrogens is 266 g/mol. The van der Waals surface area contributed by atoms with Crippen molar-refractivity contribution < 1.29 is 9.90 Å². The fourth-order valence-corrected chi connectivity index (χ4v) is 2.69. The van der Waals surface area contributed by atoms with Gasteiger partial charge in [-0.2, -0.15) is 0 Å². The molecule has 0 bridgehead atoms. The Hall–Kier alpha value is -1.59. The van der Waals surface area contributed by atoms with Crippen LogP contribution in [0.25, 0.3) is 0 Å². The fourth-order valence-electron chi connectivity index (χ4n) is 2.69. The van der Waals surface area contributed by atoms with Crippen molar-refractivity contribution in [2.75, 3.05) is 26.7 Å². The van der Waals surface area contributed by atoms with Crippen LogP contribution in [0.3, 0.4) is 0 Å². The van der Waals surface area contributed by atoms with E-state index in [2.05, 4.69) is 15.5 Å². The van der Waals surface area contributed by atoms with E-state index >= 15 is 0 Å². The Kier molecular flexibility index (Phi) is 5.59. The van der Waals surface area contributed by atoms with Gasteiger partial charge < -0.3 is 15.7 Å². The molecule has 1 amide bonds. The van der Waals surface area contributed by atoms with E-state index < -0.39 is 0 Å². The second-order valence-corrected chi connectivity index (χ2v) is 5.69. The van der Waals surface area contributed by atoms with Crippen LogP contribution < -0.4 is 10.6 Å². The Bertz CT molecular complexity index is 482. The topological polar surface area (TPSA) is 64.6 Å². The summed E-state index contributed by atoms with van der Waals surface area (Å²) in [5, 5.41) is 16.2. The van der Waals surface area contributed by atoms with Gasteiger partial charge in [0, 0.05) is 38.3 Å². The summed E-state index contributed by atoms with van der Waals surface area (Å²) in [6, 6.07) is 6.29. The summed E-state index contributed by atoms with van der Waals surface area (Å²) in [4.78, 5) is 13.5. The summed E-state index contributed by atoms with van der Waals surface area (Å²) in [6.45, 7) is 4.96. The highest BCUT2D eigenvalue weighted by molar-refractivity contribution is 5.77. The standard InChI is InChI=1S/C16H25N3O2/c1-12-4-3-5-13(16(12)21)10-18-14-6-8-19(9-7-14)11-15(20)17-2/h3-5,14,18,21H,6-11H2,1-2H3,(H,17,20). The highest BCUT2D eigenvalue weighted by atomic mass is 16.3. The second-order valence-electron chi connectivity index (χ2n) is 5.69. The maximum Gasteiger partial charge on any atom is 0.233 e. The van der Waals surface area contributed by atoms with E-state index in [1.807, 2.05) is 25.1 Å². The number of piperidine rings is 1. The predicted molar refractivity (Wildman–Crippen MR) is 83.2 cm³/mol. The Morgan fingerprint density at radius 2 is 2.10 bits per heavy atom. The predicted octanol–water partition coefficient (Wildman–Crippen LogP) is 1.00. The van der Waals surface area contributed by atoms with Crippen molar-refractivity contribution in [1.82, 2.24) is 15.5 Å². The highest BCUT2D eigenvalue weighted by Gasteiger charge is 2.20. The van der Waals surface area contributed by atoms with Crippen LogP contribution in [-0.2, 0) is 11.3 Å². The summed E-state index contributed by atoms with van der Waals surface area (Å²) in [6.07, 6.45) is 2.06. The number of carbonyl (C=O) groups is 1. The Balaban J connectivity index is 1.76. The lowest BCUT2D eigenvalue weighted by Gasteiger charge is -2.32. The number of para-hydroxylation sites is 1. The first kappa shape index (κ1) is 15.8. The van der Waals surface area contributed by atoms with Crippen LogP contribution in [0.1, 0.15) is 24.0 Å². The maximum atomic E-state index is 11.3. The molecule has 0 unspecified atom stereocenters. The Labute approximate surface area is 126 Å². The van der Waals surface area contributed by atoms with Crippen LogP contribution in [0.4, 0.5) is 0 Å². The minimum absolute atomic E-state index is 0.0751. The molecule has 1 saturated heterocycles. The molecule has 1 aliphatic rings. The minimum atomic E-state index is 0.0751. The molecule has 5 heteroatoms. The monoisotopic (exact) mass is 291 g/mol. The zero-order valence-corrected chi connectivity index (χ0v) is 12.9. The number of phenolic OH excluding ortho intramolecular Hbond substituents is 1. The number of likely N-dealkylation sites (tertiary alicyclic amines) is 1. The molecule has 5 nitrogen and oxygen atoms in total. The molecule has 0 atom stereocenters. The van der Waals surface area contributed by atoms with Crippen molar-refractivity contribution in [2.24, 2.45) is 0 Å². The fraction of sp³-hybridized carbons (Fsp3) is 0.562. The Morgan fingerprint density at radius 1 is 1.38 bits per heavy atom. The number of likely N-dealkylation sites (N-methyl/N-ethyl adjacent to an activating group) is 1. The molecule has 3 N–H and O–H groups in total.